The first kappa shape index (κ1) is 12.8. The van der Waals surface area contributed by atoms with E-state index >= 15 is 0 Å². The summed E-state index contributed by atoms with van der Waals surface area (Å²) in [7, 11) is 0. The SMILES string of the molecule is N#CC(=Cc1ccc(O)cc1O)c1nc2ccccc2[nH]1. The number of imidazole rings is 1. The van der Waals surface area contributed by atoms with E-state index in [2.05, 4.69) is 16.0 Å². The first-order valence-electron chi connectivity index (χ1n) is 6.26. The van der Waals surface area contributed by atoms with Crippen LogP contribution in [0.15, 0.2) is 42.5 Å². The zero-order valence-corrected chi connectivity index (χ0v) is 10.9. The molecule has 0 unspecified atom stereocenters. The summed E-state index contributed by atoms with van der Waals surface area (Å²) < 4.78 is 0. The number of benzene rings is 2. The van der Waals surface area contributed by atoms with Crippen LogP contribution in [-0.2, 0) is 0 Å². The van der Waals surface area contributed by atoms with Gasteiger partial charge in [-0.3, -0.25) is 0 Å². The number of fused-ring (bicyclic) bond motifs is 1. The van der Waals surface area contributed by atoms with E-state index in [-0.39, 0.29) is 11.5 Å². The number of nitrogens with zero attached hydrogens (tertiary/aromatic N) is 2. The van der Waals surface area contributed by atoms with Gasteiger partial charge in [0.15, 0.2) is 0 Å². The lowest BCUT2D eigenvalue weighted by Gasteiger charge is -2.00. The van der Waals surface area contributed by atoms with Crippen molar-refractivity contribution in [2.75, 3.05) is 0 Å². The van der Waals surface area contributed by atoms with Gasteiger partial charge in [0.2, 0.25) is 0 Å². The number of hydrogen-bond donors (Lipinski definition) is 3. The number of aromatic amines is 1. The van der Waals surface area contributed by atoms with Gasteiger partial charge in [-0.25, -0.2) is 4.98 Å². The van der Waals surface area contributed by atoms with Crippen molar-refractivity contribution in [1.29, 1.82) is 5.26 Å². The molecule has 2 aromatic carbocycles. The second kappa shape index (κ2) is 5.02. The Morgan fingerprint density at radius 1 is 1.19 bits per heavy atom. The Labute approximate surface area is 120 Å². The van der Waals surface area contributed by atoms with Crippen LogP contribution in [0.25, 0.3) is 22.7 Å². The largest absolute Gasteiger partial charge is 0.508 e. The maximum atomic E-state index is 9.78. The van der Waals surface area contributed by atoms with Crippen LogP contribution in [0, 0.1) is 11.3 Å². The van der Waals surface area contributed by atoms with Gasteiger partial charge in [-0.2, -0.15) is 5.26 Å². The first-order chi connectivity index (χ1) is 10.2. The van der Waals surface area contributed by atoms with Crippen molar-refractivity contribution >= 4 is 22.7 Å². The second-order valence-corrected chi connectivity index (χ2v) is 4.52. The summed E-state index contributed by atoms with van der Waals surface area (Å²) in [5.41, 5.74) is 2.34. The number of rotatable bonds is 2. The molecule has 0 saturated carbocycles. The van der Waals surface area contributed by atoms with Gasteiger partial charge in [-0.15, -0.1) is 0 Å². The monoisotopic (exact) mass is 277 g/mol. The third-order valence-electron chi connectivity index (χ3n) is 3.08. The Balaban J connectivity index is 2.09. The van der Waals surface area contributed by atoms with E-state index in [1.165, 1.54) is 24.3 Å². The molecule has 3 rings (SSSR count). The Morgan fingerprint density at radius 3 is 2.71 bits per heavy atom. The zero-order valence-electron chi connectivity index (χ0n) is 10.9. The summed E-state index contributed by atoms with van der Waals surface area (Å²) in [6.45, 7) is 0. The second-order valence-electron chi connectivity index (χ2n) is 4.52. The van der Waals surface area contributed by atoms with Gasteiger partial charge in [-0.1, -0.05) is 12.1 Å². The quantitative estimate of drug-likeness (QED) is 0.628. The molecule has 0 fully saturated rings. The number of phenolic OH excluding ortho intramolecular Hbond substituents is 2. The maximum Gasteiger partial charge on any atom is 0.149 e. The minimum atomic E-state index is -0.0983. The lowest BCUT2D eigenvalue weighted by molar-refractivity contribution is 0.450. The number of allylic oxidation sites excluding steroid dienone is 1. The van der Waals surface area contributed by atoms with E-state index in [9.17, 15) is 15.5 Å². The van der Waals surface area contributed by atoms with E-state index in [4.69, 9.17) is 0 Å². The van der Waals surface area contributed by atoms with E-state index in [1.807, 2.05) is 24.3 Å². The van der Waals surface area contributed by atoms with Gasteiger partial charge in [0.1, 0.15) is 23.4 Å². The molecule has 0 aliphatic rings. The van der Waals surface area contributed by atoms with Gasteiger partial charge in [0, 0.05) is 11.6 Å². The molecule has 0 saturated heterocycles. The summed E-state index contributed by atoms with van der Waals surface area (Å²) in [4.78, 5) is 7.41. The van der Waals surface area contributed by atoms with Crippen molar-refractivity contribution in [3.8, 4) is 17.6 Å². The fraction of sp³-hybridized carbons (Fsp3) is 0. The molecule has 0 amide bonds. The number of hydrogen-bond acceptors (Lipinski definition) is 4. The molecule has 0 spiro atoms. The average Bonchev–Trinajstić information content (AvgIpc) is 2.90. The van der Waals surface area contributed by atoms with E-state index in [0.717, 1.165) is 11.0 Å². The van der Waals surface area contributed by atoms with Crippen LogP contribution >= 0.6 is 0 Å². The highest BCUT2D eigenvalue weighted by Crippen LogP contribution is 2.27. The molecule has 5 nitrogen and oxygen atoms in total. The highest BCUT2D eigenvalue weighted by molar-refractivity contribution is 5.91. The fourth-order valence-electron chi connectivity index (χ4n) is 2.04. The molecular weight excluding hydrogens is 266 g/mol. The number of phenols is 2. The molecule has 1 heterocycles. The van der Waals surface area contributed by atoms with Crippen molar-refractivity contribution in [2.24, 2.45) is 0 Å². The van der Waals surface area contributed by atoms with Crippen LogP contribution in [0.5, 0.6) is 11.5 Å². The predicted molar refractivity (Wildman–Crippen MR) is 79.3 cm³/mol. The molecule has 1 aromatic heterocycles. The molecule has 0 radical (unpaired) electrons. The molecule has 5 heteroatoms. The summed E-state index contributed by atoms with van der Waals surface area (Å²) in [5.74, 6) is 0.303. The number of nitriles is 1. The van der Waals surface area contributed by atoms with Crippen molar-refractivity contribution in [3.05, 3.63) is 53.9 Å². The van der Waals surface area contributed by atoms with Crippen LogP contribution in [-0.4, -0.2) is 20.2 Å². The standard InChI is InChI=1S/C16H11N3O2/c17-9-11(7-10-5-6-12(20)8-15(10)21)16-18-13-3-1-2-4-14(13)19-16/h1-8,20-21H,(H,18,19). The van der Waals surface area contributed by atoms with Crippen molar-refractivity contribution in [1.82, 2.24) is 9.97 Å². The summed E-state index contributed by atoms with van der Waals surface area (Å²) >= 11 is 0. The Morgan fingerprint density at radius 2 is 2.00 bits per heavy atom. The van der Waals surface area contributed by atoms with Gasteiger partial charge in [-0.05, 0) is 30.3 Å². The Kier molecular flexibility index (Phi) is 3.05. The number of aromatic hydroxyl groups is 2. The van der Waals surface area contributed by atoms with E-state index < -0.39 is 0 Å². The third-order valence-corrected chi connectivity index (χ3v) is 3.08. The minimum absolute atomic E-state index is 0.0353. The van der Waals surface area contributed by atoms with Crippen molar-refractivity contribution in [3.63, 3.8) is 0 Å². The molecule has 21 heavy (non-hydrogen) atoms. The first-order valence-corrected chi connectivity index (χ1v) is 6.26. The zero-order chi connectivity index (χ0) is 14.8. The Hall–Kier alpha value is -3.26. The van der Waals surface area contributed by atoms with Gasteiger partial charge >= 0.3 is 0 Å². The van der Waals surface area contributed by atoms with Crippen molar-refractivity contribution < 1.29 is 10.2 Å². The molecule has 3 aromatic rings. The predicted octanol–water partition coefficient (Wildman–Crippen LogP) is 3.04. The van der Waals surface area contributed by atoms with Gasteiger partial charge in [0.25, 0.3) is 0 Å². The van der Waals surface area contributed by atoms with Crippen LogP contribution in [0.3, 0.4) is 0 Å². The molecule has 0 aliphatic heterocycles. The third kappa shape index (κ3) is 2.42. The van der Waals surface area contributed by atoms with Crippen LogP contribution in [0.4, 0.5) is 0 Å². The molecule has 3 N–H and O–H groups in total. The Bertz CT molecular complexity index is 855. The van der Waals surface area contributed by atoms with E-state index in [0.29, 0.717) is 17.0 Å². The number of nitrogens with one attached hydrogen (secondary N) is 1. The van der Waals surface area contributed by atoms with Crippen LogP contribution < -0.4 is 0 Å². The van der Waals surface area contributed by atoms with E-state index in [1.54, 1.807) is 0 Å². The number of para-hydroxylation sites is 2. The smallest absolute Gasteiger partial charge is 0.149 e. The van der Waals surface area contributed by atoms with Crippen molar-refractivity contribution in [2.45, 2.75) is 0 Å². The topological polar surface area (TPSA) is 92.9 Å². The lowest BCUT2D eigenvalue weighted by atomic mass is 10.1. The fourth-order valence-corrected chi connectivity index (χ4v) is 2.04. The normalized spacial score (nSPS) is 11.5. The van der Waals surface area contributed by atoms with Gasteiger partial charge in [0.05, 0.1) is 16.6 Å². The highest BCUT2D eigenvalue weighted by Gasteiger charge is 2.09. The summed E-state index contributed by atoms with van der Waals surface area (Å²) in [5, 5.41) is 28.4. The number of H-pyrrole nitrogens is 1. The average molecular weight is 277 g/mol. The molecule has 0 bridgehead atoms. The highest BCUT2D eigenvalue weighted by atomic mass is 16.3. The minimum Gasteiger partial charge on any atom is -0.508 e. The van der Waals surface area contributed by atoms with Gasteiger partial charge < -0.3 is 15.2 Å². The summed E-state index contributed by atoms with van der Waals surface area (Å²) in [6.07, 6.45) is 1.52. The van der Waals surface area contributed by atoms with Crippen LogP contribution in [0.2, 0.25) is 0 Å². The molecule has 0 aliphatic carbocycles. The number of aromatic nitrogens is 2. The molecular formula is C16H11N3O2. The molecule has 102 valence electrons. The summed E-state index contributed by atoms with van der Waals surface area (Å²) in [6, 6.07) is 13.7. The molecule has 0 atom stereocenters. The van der Waals surface area contributed by atoms with Crippen LogP contribution in [0.1, 0.15) is 11.4 Å². The maximum absolute atomic E-state index is 9.78. The lowest BCUT2D eigenvalue weighted by Crippen LogP contribution is -1.85.